The van der Waals surface area contributed by atoms with Crippen LogP contribution in [0.3, 0.4) is 0 Å². The maximum atomic E-state index is 13.3. The number of hydrogen-bond donors (Lipinski definition) is 1. The average Bonchev–Trinajstić information content (AvgIpc) is 3.06. The molecule has 5 heteroatoms. The minimum absolute atomic E-state index is 0.257. The molecule has 3 rings (SSSR count). The molecule has 1 saturated carbocycles. The van der Waals surface area contributed by atoms with E-state index in [1.165, 1.54) is 18.9 Å². The summed E-state index contributed by atoms with van der Waals surface area (Å²) in [5.41, 5.74) is 1.84. The third-order valence-corrected chi connectivity index (χ3v) is 3.53. The zero-order valence-electron chi connectivity index (χ0n) is 9.95. The summed E-state index contributed by atoms with van der Waals surface area (Å²) in [6.07, 6.45) is 4.34. The van der Waals surface area contributed by atoms with Crippen LogP contribution >= 0.6 is 15.9 Å². The van der Waals surface area contributed by atoms with Crippen molar-refractivity contribution in [3.05, 3.63) is 40.4 Å². The van der Waals surface area contributed by atoms with Crippen molar-refractivity contribution in [1.29, 1.82) is 0 Å². The summed E-state index contributed by atoms with van der Waals surface area (Å²) in [4.78, 5) is 4.46. The number of anilines is 1. The fourth-order valence-electron chi connectivity index (χ4n) is 1.84. The van der Waals surface area contributed by atoms with Crippen LogP contribution in [-0.2, 0) is 0 Å². The molecule has 0 atom stereocenters. The van der Waals surface area contributed by atoms with Gasteiger partial charge in [0, 0.05) is 17.9 Å². The van der Waals surface area contributed by atoms with Crippen molar-refractivity contribution in [3.63, 3.8) is 0 Å². The molecule has 1 aromatic heterocycles. The zero-order valence-corrected chi connectivity index (χ0v) is 11.5. The van der Waals surface area contributed by atoms with Gasteiger partial charge in [-0.2, -0.15) is 0 Å². The second-order valence-electron chi connectivity index (χ2n) is 4.59. The highest BCUT2D eigenvalue weighted by Gasteiger charge is 2.23. The Morgan fingerprint density at radius 3 is 2.89 bits per heavy atom. The molecule has 0 unspecified atom stereocenters. The first-order valence-corrected chi connectivity index (χ1v) is 6.71. The Morgan fingerprint density at radius 2 is 2.22 bits per heavy atom. The summed E-state index contributed by atoms with van der Waals surface area (Å²) in [5.74, 6) is 0.570. The molecule has 0 amide bonds. The Labute approximate surface area is 113 Å². The van der Waals surface area contributed by atoms with Gasteiger partial charge in [0.25, 0.3) is 0 Å². The molecule has 94 valence electrons. The van der Waals surface area contributed by atoms with Crippen LogP contribution in [0.4, 0.5) is 10.3 Å². The van der Waals surface area contributed by atoms with Gasteiger partial charge in [0.05, 0.1) is 10.2 Å². The molecule has 1 aliphatic carbocycles. The molecule has 1 fully saturated rings. The van der Waals surface area contributed by atoms with E-state index in [4.69, 9.17) is 0 Å². The second kappa shape index (κ2) is 4.39. The van der Waals surface area contributed by atoms with Gasteiger partial charge >= 0.3 is 0 Å². The number of rotatable bonds is 3. The van der Waals surface area contributed by atoms with E-state index in [2.05, 4.69) is 26.2 Å². The lowest BCUT2D eigenvalue weighted by atomic mass is 10.3. The monoisotopic (exact) mass is 309 g/mol. The first kappa shape index (κ1) is 11.7. The van der Waals surface area contributed by atoms with Crippen molar-refractivity contribution in [1.82, 2.24) is 9.55 Å². The summed E-state index contributed by atoms with van der Waals surface area (Å²) in [6, 6.07) is 5.50. The smallest absolute Gasteiger partial charge is 0.207 e. The first-order valence-electron chi connectivity index (χ1n) is 5.91. The predicted molar refractivity (Wildman–Crippen MR) is 72.6 cm³/mol. The molecule has 0 spiro atoms. The average molecular weight is 310 g/mol. The molecule has 0 aliphatic heterocycles. The SMILES string of the molecule is Cc1cn(-c2ccc(F)c(Br)c2)c(NC2CC2)n1. The van der Waals surface area contributed by atoms with Crippen molar-refractivity contribution in [3.8, 4) is 5.69 Å². The number of halogens is 2. The zero-order chi connectivity index (χ0) is 12.7. The van der Waals surface area contributed by atoms with Crippen molar-refractivity contribution in [2.24, 2.45) is 0 Å². The van der Waals surface area contributed by atoms with Crippen LogP contribution in [-0.4, -0.2) is 15.6 Å². The van der Waals surface area contributed by atoms with Gasteiger partial charge in [-0.1, -0.05) is 0 Å². The second-order valence-corrected chi connectivity index (χ2v) is 5.45. The van der Waals surface area contributed by atoms with Gasteiger partial charge in [-0.25, -0.2) is 9.37 Å². The van der Waals surface area contributed by atoms with Crippen molar-refractivity contribution in [2.45, 2.75) is 25.8 Å². The normalized spacial score (nSPS) is 14.8. The van der Waals surface area contributed by atoms with E-state index >= 15 is 0 Å². The van der Waals surface area contributed by atoms with Crippen LogP contribution in [0.2, 0.25) is 0 Å². The summed E-state index contributed by atoms with van der Waals surface area (Å²) in [7, 11) is 0. The van der Waals surface area contributed by atoms with Crippen LogP contribution in [0.1, 0.15) is 18.5 Å². The van der Waals surface area contributed by atoms with Crippen molar-refractivity contribution < 1.29 is 4.39 Å². The maximum Gasteiger partial charge on any atom is 0.207 e. The van der Waals surface area contributed by atoms with Gasteiger partial charge < -0.3 is 5.32 Å². The van der Waals surface area contributed by atoms with Crippen LogP contribution in [0.5, 0.6) is 0 Å². The number of hydrogen-bond acceptors (Lipinski definition) is 2. The third kappa shape index (κ3) is 2.27. The van der Waals surface area contributed by atoms with Gasteiger partial charge in [-0.3, -0.25) is 4.57 Å². The van der Waals surface area contributed by atoms with E-state index in [0.717, 1.165) is 17.3 Å². The van der Waals surface area contributed by atoms with Gasteiger partial charge in [0.1, 0.15) is 5.82 Å². The summed E-state index contributed by atoms with van der Waals surface area (Å²) >= 11 is 3.21. The summed E-state index contributed by atoms with van der Waals surface area (Å²) < 4.78 is 15.7. The maximum absolute atomic E-state index is 13.3. The van der Waals surface area contributed by atoms with E-state index in [0.29, 0.717) is 10.5 Å². The lowest BCUT2D eigenvalue weighted by molar-refractivity contribution is 0.620. The Morgan fingerprint density at radius 1 is 1.44 bits per heavy atom. The molecule has 1 aromatic carbocycles. The number of benzene rings is 1. The molecular formula is C13H13BrFN3. The highest BCUT2D eigenvalue weighted by molar-refractivity contribution is 9.10. The molecule has 0 saturated heterocycles. The Kier molecular flexibility index (Phi) is 2.86. The van der Waals surface area contributed by atoms with Crippen LogP contribution < -0.4 is 5.32 Å². The topological polar surface area (TPSA) is 29.9 Å². The van der Waals surface area contributed by atoms with E-state index < -0.39 is 0 Å². The number of nitrogens with one attached hydrogen (secondary N) is 1. The molecule has 3 nitrogen and oxygen atoms in total. The molecular weight excluding hydrogens is 297 g/mol. The van der Waals surface area contributed by atoms with E-state index in [9.17, 15) is 4.39 Å². The molecule has 18 heavy (non-hydrogen) atoms. The Bertz CT molecular complexity index is 590. The fraction of sp³-hybridized carbons (Fsp3) is 0.308. The number of imidazole rings is 1. The molecule has 1 heterocycles. The molecule has 0 bridgehead atoms. The summed E-state index contributed by atoms with van der Waals surface area (Å²) in [6.45, 7) is 1.95. The molecule has 0 radical (unpaired) electrons. The standard InChI is InChI=1S/C13H13BrFN3/c1-8-7-18(13(16-8)17-9-2-3-9)10-4-5-12(15)11(14)6-10/h4-7,9H,2-3H2,1H3,(H,16,17). The van der Waals surface area contributed by atoms with Crippen LogP contribution in [0.25, 0.3) is 5.69 Å². The lowest BCUT2D eigenvalue weighted by Gasteiger charge is -2.09. The van der Waals surface area contributed by atoms with Gasteiger partial charge in [0.15, 0.2) is 0 Å². The minimum Gasteiger partial charge on any atom is -0.353 e. The van der Waals surface area contributed by atoms with Gasteiger partial charge in [-0.05, 0) is 53.9 Å². The fourth-order valence-corrected chi connectivity index (χ4v) is 2.21. The van der Waals surface area contributed by atoms with Crippen LogP contribution in [0, 0.1) is 12.7 Å². The van der Waals surface area contributed by atoms with Crippen LogP contribution in [0.15, 0.2) is 28.9 Å². The minimum atomic E-state index is -0.257. The predicted octanol–water partition coefficient (Wildman–Crippen LogP) is 3.66. The molecule has 2 aromatic rings. The largest absolute Gasteiger partial charge is 0.353 e. The van der Waals surface area contributed by atoms with Crippen molar-refractivity contribution in [2.75, 3.05) is 5.32 Å². The third-order valence-electron chi connectivity index (χ3n) is 2.92. The number of nitrogens with zero attached hydrogens (tertiary/aromatic N) is 2. The number of aromatic nitrogens is 2. The van der Waals surface area contributed by atoms with Crippen molar-refractivity contribution >= 4 is 21.9 Å². The summed E-state index contributed by atoms with van der Waals surface area (Å²) in [5, 5.41) is 3.38. The first-order chi connectivity index (χ1) is 8.63. The van der Waals surface area contributed by atoms with E-state index in [-0.39, 0.29) is 5.82 Å². The van der Waals surface area contributed by atoms with E-state index in [1.807, 2.05) is 17.7 Å². The number of aryl methyl sites for hydroxylation is 1. The van der Waals surface area contributed by atoms with E-state index in [1.54, 1.807) is 12.1 Å². The molecule has 1 aliphatic rings. The molecule has 1 N–H and O–H groups in total. The highest BCUT2D eigenvalue weighted by atomic mass is 79.9. The Balaban J connectivity index is 2.00. The quantitative estimate of drug-likeness (QED) is 0.937. The van der Waals surface area contributed by atoms with Gasteiger partial charge in [-0.15, -0.1) is 0 Å². The van der Waals surface area contributed by atoms with Gasteiger partial charge in [0.2, 0.25) is 5.95 Å². The highest BCUT2D eigenvalue weighted by Crippen LogP contribution is 2.27. The Hall–Kier alpha value is -1.36. The lowest BCUT2D eigenvalue weighted by Crippen LogP contribution is -2.07.